The molecule has 2 atom stereocenters. The van der Waals surface area contributed by atoms with Gasteiger partial charge in [-0.05, 0) is 106 Å². The number of aliphatic carboxylic acids is 1. The minimum absolute atomic E-state index is 0.186. The Hall–Kier alpha value is -3.40. The fourth-order valence-corrected chi connectivity index (χ4v) is 7.86. The van der Waals surface area contributed by atoms with E-state index >= 15 is 0 Å². The summed E-state index contributed by atoms with van der Waals surface area (Å²) < 4.78 is 34.6. The number of nitrogens with zero attached hydrogens (tertiary/aromatic N) is 4. The quantitative estimate of drug-likeness (QED) is 0.243. The lowest BCUT2D eigenvalue weighted by Gasteiger charge is -2.41. The number of rotatable bonds is 9. The predicted molar refractivity (Wildman–Crippen MR) is 195 cm³/mol. The first-order valence-corrected chi connectivity index (χ1v) is 18.2. The van der Waals surface area contributed by atoms with Crippen LogP contribution in [-0.4, -0.2) is 70.4 Å². The summed E-state index contributed by atoms with van der Waals surface area (Å²) in [5, 5.41) is 10.7. The molecule has 4 heterocycles. The molecule has 3 aliphatic rings. The van der Waals surface area contributed by atoms with Crippen LogP contribution in [0.4, 0.5) is 14.5 Å². The van der Waals surface area contributed by atoms with Crippen molar-refractivity contribution >= 4 is 11.7 Å². The number of hydrogen-bond donors (Lipinski definition) is 1. The molecule has 2 fully saturated rings. The Labute approximate surface area is 296 Å². The Morgan fingerprint density at radius 3 is 2.40 bits per heavy atom. The van der Waals surface area contributed by atoms with Gasteiger partial charge >= 0.3 is 5.97 Å². The number of piperidine rings is 1. The second-order valence-electron chi connectivity index (χ2n) is 16.5. The predicted octanol–water partition coefficient (Wildman–Crippen LogP) is 8.17. The van der Waals surface area contributed by atoms with E-state index in [1.165, 1.54) is 17.2 Å². The average molecular weight is 689 g/mol. The van der Waals surface area contributed by atoms with Crippen LogP contribution in [0.25, 0.3) is 11.1 Å². The minimum atomic E-state index is -1.21. The van der Waals surface area contributed by atoms with Crippen molar-refractivity contribution in [1.82, 2.24) is 14.8 Å². The van der Waals surface area contributed by atoms with Crippen molar-refractivity contribution in [3.8, 4) is 11.1 Å². The molecule has 0 aliphatic carbocycles. The highest BCUT2D eigenvalue weighted by Gasteiger charge is 2.38. The van der Waals surface area contributed by atoms with Crippen LogP contribution >= 0.6 is 0 Å². The number of pyridine rings is 1. The van der Waals surface area contributed by atoms with Crippen LogP contribution in [0.1, 0.15) is 99.2 Å². The second kappa shape index (κ2) is 14.3. The molecule has 0 spiro atoms. The fraction of sp³-hybridized carbons (Fsp3) is 0.561. The fourth-order valence-electron chi connectivity index (χ4n) is 7.86. The van der Waals surface area contributed by atoms with Crippen molar-refractivity contribution in [3.05, 3.63) is 81.4 Å². The zero-order valence-corrected chi connectivity index (χ0v) is 30.9. The number of aromatic nitrogens is 1. The first-order chi connectivity index (χ1) is 23.6. The van der Waals surface area contributed by atoms with E-state index in [0.717, 1.165) is 85.6 Å². The van der Waals surface area contributed by atoms with Gasteiger partial charge < -0.3 is 14.7 Å². The van der Waals surface area contributed by atoms with Gasteiger partial charge in [0.05, 0.1) is 17.0 Å². The highest BCUT2D eigenvalue weighted by molar-refractivity contribution is 5.88. The largest absolute Gasteiger partial charge is 0.479 e. The lowest BCUT2D eigenvalue weighted by Crippen LogP contribution is -2.39. The molecular formula is C41H54F2N4O3. The molecule has 0 saturated carbocycles. The molecule has 9 heteroatoms. The number of anilines is 1. The van der Waals surface area contributed by atoms with Gasteiger partial charge in [-0.1, -0.05) is 38.1 Å². The summed E-state index contributed by atoms with van der Waals surface area (Å²) in [6, 6.07) is 11.6. The lowest BCUT2D eigenvalue weighted by molar-refractivity contribution is -0.160. The van der Waals surface area contributed by atoms with E-state index in [9.17, 15) is 18.7 Å². The topological polar surface area (TPSA) is 69.1 Å². The molecule has 3 aliphatic heterocycles. The summed E-state index contributed by atoms with van der Waals surface area (Å²) in [6.45, 7) is 19.6. The minimum Gasteiger partial charge on any atom is -0.479 e. The van der Waals surface area contributed by atoms with Crippen molar-refractivity contribution in [2.24, 2.45) is 5.41 Å². The molecule has 50 heavy (non-hydrogen) atoms. The number of carbonyl (C=O) groups is 1. The van der Waals surface area contributed by atoms with Crippen LogP contribution in [0.5, 0.6) is 0 Å². The summed E-state index contributed by atoms with van der Waals surface area (Å²) in [4.78, 5) is 25.1. The summed E-state index contributed by atoms with van der Waals surface area (Å²) in [7, 11) is 0. The van der Waals surface area contributed by atoms with Crippen LogP contribution in [-0.2, 0) is 35.6 Å². The van der Waals surface area contributed by atoms with E-state index in [2.05, 4.69) is 46.7 Å². The Morgan fingerprint density at radius 2 is 1.76 bits per heavy atom. The first-order valence-electron chi connectivity index (χ1n) is 18.2. The first kappa shape index (κ1) is 36.4. The van der Waals surface area contributed by atoms with Crippen molar-refractivity contribution in [2.45, 2.75) is 112 Å². The molecule has 0 radical (unpaired) electrons. The van der Waals surface area contributed by atoms with Crippen LogP contribution < -0.4 is 4.90 Å². The number of likely N-dealkylation sites (tertiary alicyclic amines) is 1. The zero-order chi connectivity index (χ0) is 36.0. The number of alkyl halides is 1. The normalized spacial score (nSPS) is 20.6. The van der Waals surface area contributed by atoms with Gasteiger partial charge in [-0.2, -0.15) is 0 Å². The van der Waals surface area contributed by atoms with Crippen molar-refractivity contribution < 1.29 is 23.4 Å². The number of hydrogen-bond acceptors (Lipinski definition) is 6. The highest BCUT2D eigenvalue weighted by Crippen LogP contribution is 2.46. The van der Waals surface area contributed by atoms with Gasteiger partial charge in [-0.3, -0.25) is 14.8 Å². The Morgan fingerprint density at radius 1 is 1.02 bits per heavy atom. The third-order valence-corrected chi connectivity index (χ3v) is 10.7. The van der Waals surface area contributed by atoms with E-state index in [0.29, 0.717) is 37.3 Å². The van der Waals surface area contributed by atoms with Gasteiger partial charge in [0.25, 0.3) is 0 Å². The number of fused-ring (bicyclic) bond motifs is 1. The molecule has 1 N–H and O–H groups in total. The number of benzene rings is 2. The summed E-state index contributed by atoms with van der Waals surface area (Å²) in [5.41, 5.74) is 9.01. The van der Waals surface area contributed by atoms with E-state index < -0.39 is 23.8 Å². The molecule has 3 aromatic rings. The van der Waals surface area contributed by atoms with Crippen molar-refractivity contribution in [1.29, 1.82) is 0 Å². The van der Waals surface area contributed by atoms with E-state index in [1.807, 2.05) is 40.7 Å². The van der Waals surface area contributed by atoms with Crippen LogP contribution in [0.2, 0.25) is 0 Å². The number of carboxylic acids is 1. The van der Waals surface area contributed by atoms with Crippen molar-refractivity contribution in [2.75, 3.05) is 37.6 Å². The molecule has 6 rings (SSSR count). The molecule has 0 bridgehead atoms. The Balaban J connectivity index is 1.47. The van der Waals surface area contributed by atoms with Gasteiger partial charge in [-0.25, -0.2) is 13.6 Å². The van der Waals surface area contributed by atoms with Crippen molar-refractivity contribution in [3.63, 3.8) is 0 Å². The maximum Gasteiger partial charge on any atom is 0.337 e. The van der Waals surface area contributed by atoms with Gasteiger partial charge in [0.2, 0.25) is 0 Å². The Kier molecular flexibility index (Phi) is 10.4. The third-order valence-electron chi connectivity index (χ3n) is 10.7. The molecule has 2 saturated heterocycles. The van der Waals surface area contributed by atoms with Gasteiger partial charge in [0, 0.05) is 69.2 Å². The average Bonchev–Trinajstić information content (AvgIpc) is 3.44. The number of ether oxygens (including phenoxy) is 1. The summed E-state index contributed by atoms with van der Waals surface area (Å²) in [5.74, 6) is -1.25. The lowest BCUT2D eigenvalue weighted by atomic mass is 9.81. The smallest absolute Gasteiger partial charge is 0.337 e. The molecule has 2 aromatic carbocycles. The molecule has 7 nitrogen and oxygen atoms in total. The Bertz CT molecular complexity index is 1730. The second-order valence-corrected chi connectivity index (χ2v) is 16.5. The van der Waals surface area contributed by atoms with E-state index in [-0.39, 0.29) is 11.2 Å². The molecular weight excluding hydrogens is 634 g/mol. The third kappa shape index (κ3) is 8.21. The van der Waals surface area contributed by atoms with E-state index in [4.69, 9.17) is 9.72 Å². The molecule has 270 valence electrons. The maximum atomic E-state index is 14.5. The number of halogens is 2. The molecule has 0 amide bonds. The number of carboxylic acid groups (broad SMARTS) is 1. The monoisotopic (exact) mass is 688 g/mol. The standard InChI is InChI=1S/C41H54F2N4O3/c1-26-20-32(42)11-10-30(26)22-45-16-12-28-21-29(8-9-31(28)23-45)36-34(25-46-17-13-33(43)24-46)44-27(2)35(38(39(48)49)50-40(3,4)5)37(36)47-18-14-41(6,7)15-19-47/h8-11,20-21,33,38H,12-19,22-25H2,1-7H3,(H,48,49)/t33-,38?/m0/s1. The highest BCUT2D eigenvalue weighted by atomic mass is 19.1. The summed E-state index contributed by atoms with van der Waals surface area (Å²) in [6.07, 6.45) is 1.26. The maximum absolute atomic E-state index is 14.5. The van der Waals surface area contributed by atoms with Gasteiger partial charge in [-0.15, -0.1) is 0 Å². The van der Waals surface area contributed by atoms with Gasteiger partial charge in [0.1, 0.15) is 12.0 Å². The van der Waals surface area contributed by atoms with Crippen LogP contribution in [0.3, 0.4) is 0 Å². The van der Waals surface area contributed by atoms with E-state index in [1.54, 1.807) is 6.07 Å². The van der Waals surface area contributed by atoms with Crippen LogP contribution in [0, 0.1) is 25.1 Å². The SMILES string of the molecule is Cc1cc(F)ccc1CN1CCc2cc(-c3c(CN4CC[C@H](F)C4)nc(C)c(C(OC(C)(C)C)C(=O)O)c3N3CCC(C)(C)CC3)ccc2C1. The molecule has 1 unspecified atom stereocenters. The molecule has 1 aromatic heterocycles. The van der Waals surface area contributed by atoms with Gasteiger partial charge in [0.15, 0.2) is 6.10 Å². The van der Waals surface area contributed by atoms with Crippen LogP contribution in [0.15, 0.2) is 36.4 Å². The number of aryl methyl sites for hydroxylation is 2. The summed E-state index contributed by atoms with van der Waals surface area (Å²) >= 11 is 0. The zero-order valence-electron chi connectivity index (χ0n) is 30.9.